The molecule has 9 nitrogen and oxygen atoms in total. The van der Waals surface area contributed by atoms with E-state index in [1.165, 1.54) is 0 Å². The highest BCUT2D eigenvalue weighted by Crippen LogP contribution is 2.38. The van der Waals surface area contributed by atoms with Gasteiger partial charge in [-0.1, -0.05) is 0 Å². The van der Waals surface area contributed by atoms with Crippen LogP contribution in [-0.4, -0.2) is 60.4 Å². The Labute approximate surface area is 199 Å². The lowest BCUT2D eigenvalue weighted by molar-refractivity contribution is -0.112. The van der Waals surface area contributed by atoms with Gasteiger partial charge in [-0.2, -0.15) is 5.06 Å². The van der Waals surface area contributed by atoms with Crippen molar-refractivity contribution in [1.82, 2.24) is 19.6 Å². The van der Waals surface area contributed by atoms with Crippen LogP contribution in [0.1, 0.15) is 49.2 Å². The van der Waals surface area contributed by atoms with Crippen molar-refractivity contribution < 1.29 is 19.5 Å². The van der Waals surface area contributed by atoms with Gasteiger partial charge in [-0.3, -0.25) is 9.63 Å². The first-order valence-electron chi connectivity index (χ1n) is 11.3. The van der Waals surface area contributed by atoms with Crippen LogP contribution in [0.4, 0.5) is 4.79 Å². The zero-order valence-electron chi connectivity index (χ0n) is 19.5. The fourth-order valence-electron chi connectivity index (χ4n) is 4.80. The summed E-state index contributed by atoms with van der Waals surface area (Å²) < 4.78 is 1.11. The molecule has 5 rings (SSSR count). The molecule has 3 atom stereocenters. The number of nitrogens with one attached hydrogen (secondary N) is 1. The van der Waals surface area contributed by atoms with Crippen LogP contribution in [0.3, 0.4) is 0 Å². The second-order valence-electron chi connectivity index (χ2n) is 9.08. The highest BCUT2D eigenvalue weighted by atomic mass is 32.2. The second kappa shape index (κ2) is 8.37. The number of amides is 1. The van der Waals surface area contributed by atoms with E-state index in [0.717, 1.165) is 36.8 Å². The first kappa shape index (κ1) is 22.8. The summed E-state index contributed by atoms with van der Waals surface area (Å²) in [6.45, 7) is 7.58. The van der Waals surface area contributed by atoms with Crippen LogP contribution in [0.2, 0.25) is 0 Å². The maximum Gasteiger partial charge on any atom is 0.355 e. The van der Waals surface area contributed by atoms with Gasteiger partial charge < -0.3 is 10.1 Å². The summed E-state index contributed by atoms with van der Waals surface area (Å²) in [5.41, 5.74) is 2.92. The average Bonchev–Trinajstić information content (AvgIpc) is 3.43. The zero-order chi connectivity index (χ0) is 24.3. The van der Waals surface area contributed by atoms with Gasteiger partial charge in [0.15, 0.2) is 4.90 Å². The third kappa shape index (κ3) is 3.48. The third-order valence-corrected chi connectivity index (χ3v) is 8.99. The number of aliphatic hydroxyl groups is 1. The molecule has 0 radical (unpaired) electrons. The van der Waals surface area contributed by atoms with Crippen molar-refractivity contribution in [2.75, 3.05) is 13.2 Å². The van der Waals surface area contributed by atoms with Crippen LogP contribution in [0.5, 0.6) is 0 Å². The maximum atomic E-state index is 13.8. The van der Waals surface area contributed by atoms with E-state index in [-0.39, 0.29) is 23.5 Å². The Morgan fingerprint density at radius 1 is 1.38 bits per heavy atom. The standard InChI is InChI=1S/C24H27N4O5S/c1-12(2)34-19-9-15(8-18-14(4)26-21-17(18)6-5-7-25-21)28(22(30)20(19)13(3)23(34)31)24(32)27-10-16(29)11-33-27/h5-7,9,12-13,16,29H,8,10-11H2,1-4H3,(H,25,26)/q+1/t13-,16?,34?/m0/s1. The van der Waals surface area contributed by atoms with E-state index in [4.69, 9.17) is 4.84 Å². The number of carbonyl (C=O) groups is 2. The third-order valence-electron chi connectivity index (χ3n) is 6.45. The first-order chi connectivity index (χ1) is 16.2. The normalized spacial score (nSPS) is 22.2. The number of nitrogens with zero attached hydrogens (tertiary/aromatic N) is 3. The molecule has 2 aliphatic heterocycles. The molecular weight excluding hydrogens is 456 g/mol. The molecule has 0 aliphatic carbocycles. The fraction of sp³-hybridized carbons (Fsp3) is 0.417. The summed E-state index contributed by atoms with van der Waals surface area (Å²) in [4.78, 5) is 54.1. The molecule has 178 valence electrons. The van der Waals surface area contributed by atoms with Crippen molar-refractivity contribution in [2.24, 2.45) is 0 Å². The van der Waals surface area contributed by atoms with E-state index in [2.05, 4.69) is 9.97 Å². The van der Waals surface area contributed by atoms with E-state index in [1.807, 2.05) is 39.0 Å². The Morgan fingerprint density at radius 2 is 2.15 bits per heavy atom. The molecule has 10 heteroatoms. The Kier molecular flexibility index (Phi) is 5.62. The Morgan fingerprint density at radius 3 is 2.82 bits per heavy atom. The summed E-state index contributed by atoms with van der Waals surface area (Å²) in [5.74, 6) is -0.578. The maximum absolute atomic E-state index is 13.8. The molecule has 0 spiro atoms. The van der Waals surface area contributed by atoms with E-state index >= 15 is 0 Å². The largest absolute Gasteiger partial charge is 0.389 e. The lowest BCUT2D eigenvalue weighted by atomic mass is 10.0. The quantitative estimate of drug-likeness (QED) is 0.552. The number of β-amino-alcohol motifs (C(OH)–C–C–N with tert-alkyl or cyclic N) is 1. The van der Waals surface area contributed by atoms with Crippen molar-refractivity contribution in [3.63, 3.8) is 0 Å². The summed E-state index contributed by atoms with van der Waals surface area (Å²) in [7, 11) is -0.728. The molecule has 5 heterocycles. The Bertz CT molecular complexity index is 1380. The summed E-state index contributed by atoms with van der Waals surface area (Å²) in [6, 6.07) is 4.98. The Hall–Kier alpha value is -2.95. The number of hydroxylamine groups is 2. The molecule has 34 heavy (non-hydrogen) atoms. The number of pyridine rings is 2. The predicted octanol–water partition coefficient (Wildman–Crippen LogP) is 2.23. The number of aryl methyl sites for hydroxylation is 1. The number of aliphatic hydroxyl groups excluding tert-OH is 1. The monoisotopic (exact) mass is 483 g/mol. The summed E-state index contributed by atoms with van der Waals surface area (Å²) in [6.07, 6.45) is 1.18. The molecule has 2 N–H and O–H groups in total. The van der Waals surface area contributed by atoms with Gasteiger partial charge in [0.05, 0.1) is 12.1 Å². The Balaban J connectivity index is 1.72. The summed E-state index contributed by atoms with van der Waals surface area (Å²) >= 11 is 0. The average molecular weight is 484 g/mol. The number of aromatic amines is 1. The van der Waals surface area contributed by atoms with E-state index in [0.29, 0.717) is 17.7 Å². The smallest absolute Gasteiger partial charge is 0.355 e. The topological polar surface area (TPSA) is 118 Å². The van der Waals surface area contributed by atoms with Crippen LogP contribution >= 0.6 is 0 Å². The van der Waals surface area contributed by atoms with Gasteiger partial charge in [-0.15, -0.1) is 0 Å². The minimum Gasteiger partial charge on any atom is -0.389 e. The molecular formula is C24H27N4O5S+. The minimum atomic E-state index is -0.813. The molecule has 0 bridgehead atoms. The van der Waals surface area contributed by atoms with Crippen molar-refractivity contribution in [2.45, 2.75) is 56.3 Å². The summed E-state index contributed by atoms with van der Waals surface area (Å²) in [5, 5.41) is 11.9. The van der Waals surface area contributed by atoms with Gasteiger partial charge in [-0.05, 0) is 45.4 Å². The lowest BCUT2D eigenvalue weighted by Gasteiger charge is -2.19. The van der Waals surface area contributed by atoms with Gasteiger partial charge in [0.2, 0.25) is 0 Å². The van der Waals surface area contributed by atoms with Gasteiger partial charge >= 0.3 is 11.1 Å². The predicted molar refractivity (Wildman–Crippen MR) is 128 cm³/mol. The number of H-pyrrole nitrogens is 1. The van der Waals surface area contributed by atoms with Crippen LogP contribution in [0.25, 0.3) is 11.0 Å². The minimum absolute atomic E-state index is 0.0142. The van der Waals surface area contributed by atoms with Gasteiger partial charge in [0.1, 0.15) is 40.4 Å². The molecule has 3 aromatic heterocycles. The first-order valence-corrected chi connectivity index (χ1v) is 12.6. The van der Waals surface area contributed by atoms with Crippen LogP contribution in [0.15, 0.2) is 34.1 Å². The SMILES string of the molecule is Cc1[nH]c2ncccc2c1Cc1cc2c(c(=O)n1C(=O)N1CC(O)CO1)[C@H](C)C(=O)[S+]2C(C)C. The fourth-order valence-corrected chi connectivity index (χ4v) is 7.26. The van der Waals surface area contributed by atoms with Crippen molar-refractivity contribution in [1.29, 1.82) is 0 Å². The molecule has 1 fully saturated rings. The molecule has 0 aromatic carbocycles. The second-order valence-corrected chi connectivity index (χ2v) is 11.5. The van der Waals surface area contributed by atoms with Crippen LogP contribution in [0, 0.1) is 6.92 Å². The highest BCUT2D eigenvalue weighted by molar-refractivity contribution is 8.12. The molecule has 1 amide bonds. The molecule has 3 aromatic rings. The van der Waals surface area contributed by atoms with Crippen molar-refractivity contribution in [3.8, 4) is 0 Å². The highest BCUT2D eigenvalue weighted by Gasteiger charge is 2.51. The van der Waals surface area contributed by atoms with Gasteiger partial charge in [-0.25, -0.2) is 19.1 Å². The van der Waals surface area contributed by atoms with Crippen molar-refractivity contribution in [3.05, 3.63) is 57.3 Å². The molecule has 1 saturated heterocycles. The van der Waals surface area contributed by atoms with E-state index in [9.17, 15) is 19.5 Å². The van der Waals surface area contributed by atoms with E-state index in [1.54, 1.807) is 13.1 Å². The van der Waals surface area contributed by atoms with Gasteiger partial charge in [0.25, 0.3) is 5.56 Å². The lowest BCUT2D eigenvalue weighted by Crippen LogP contribution is -2.41. The van der Waals surface area contributed by atoms with Crippen LogP contribution in [-0.2, 0) is 26.9 Å². The van der Waals surface area contributed by atoms with Crippen LogP contribution < -0.4 is 5.56 Å². The number of aromatic nitrogens is 3. The number of fused-ring (bicyclic) bond motifs is 2. The van der Waals surface area contributed by atoms with Crippen molar-refractivity contribution >= 4 is 33.1 Å². The number of hydrogen-bond acceptors (Lipinski definition) is 6. The number of rotatable bonds is 3. The zero-order valence-corrected chi connectivity index (χ0v) is 20.3. The molecule has 0 saturated carbocycles. The molecule has 2 unspecified atom stereocenters. The van der Waals surface area contributed by atoms with Gasteiger partial charge in [0, 0.05) is 35.5 Å². The van der Waals surface area contributed by atoms with E-state index < -0.39 is 34.5 Å². The number of hydrogen-bond donors (Lipinski definition) is 2. The molecule has 2 aliphatic rings. The number of carbonyl (C=O) groups excluding carboxylic acids is 2.